The zero-order chi connectivity index (χ0) is 56.8. The average Bonchev–Trinajstić information content (AvgIpc) is 4.12. The van der Waals surface area contributed by atoms with Gasteiger partial charge in [0.15, 0.2) is 5.78 Å². The molecule has 7 amide bonds. The molecule has 22 heteroatoms. The molecule has 0 aromatic heterocycles. The van der Waals surface area contributed by atoms with E-state index >= 15 is 0 Å². The molecular weight excluding hydrogens is 1020 g/mol. The third-order valence-corrected chi connectivity index (χ3v) is 15.9. The zero-order valence-electron chi connectivity index (χ0n) is 46.3. The highest BCUT2D eigenvalue weighted by molar-refractivity contribution is 5.97. The molecule has 0 bridgehead atoms. The van der Waals surface area contributed by atoms with Gasteiger partial charge in [0.25, 0.3) is 0 Å². The van der Waals surface area contributed by atoms with Crippen LogP contribution in [0.5, 0.6) is 0 Å². The number of hydrogen-bond acceptors (Lipinski definition) is 15. The van der Waals surface area contributed by atoms with E-state index < -0.39 is 89.7 Å². The second-order valence-corrected chi connectivity index (χ2v) is 21.1. The van der Waals surface area contributed by atoms with E-state index in [-0.39, 0.29) is 55.9 Å². The Hall–Kier alpha value is -5.88. The van der Waals surface area contributed by atoms with Gasteiger partial charge in [0.05, 0.1) is 38.5 Å². The molecule has 4 heterocycles. The van der Waals surface area contributed by atoms with Crippen molar-refractivity contribution in [1.29, 1.82) is 0 Å². The van der Waals surface area contributed by atoms with E-state index in [2.05, 4.69) is 37.2 Å². The molecule has 4 aliphatic rings. The minimum absolute atomic E-state index is 0.169. The Labute approximate surface area is 463 Å². The van der Waals surface area contributed by atoms with Crippen molar-refractivity contribution in [2.75, 3.05) is 73.5 Å². The number of ketones is 1. The quantitative estimate of drug-likeness (QED) is 0.0470. The molecule has 4 saturated heterocycles. The molecular formula is C57H85N9O13. The fraction of sp³-hybridized carbons (Fsp3) is 0.649. The Morgan fingerprint density at radius 3 is 1.42 bits per heavy atom. The molecule has 0 saturated carbocycles. The molecule has 0 aliphatic carbocycles. The summed E-state index contributed by atoms with van der Waals surface area (Å²) in [5.74, 6) is -4.06. The largest absolute Gasteiger partial charge is 0.396 e. The highest BCUT2D eigenvalue weighted by Crippen LogP contribution is 2.36. The molecule has 79 heavy (non-hydrogen) atoms. The number of likely N-dealkylation sites (N-methyl/N-ethyl adjacent to an activating group) is 2. The minimum Gasteiger partial charge on any atom is -0.396 e. The van der Waals surface area contributed by atoms with Gasteiger partial charge in [-0.1, -0.05) is 60.7 Å². The van der Waals surface area contributed by atoms with Crippen LogP contribution in [-0.4, -0.2) is 189 Å². The van der Waals surface area contributed by atoms with Crippen molar-refractivity contribution in [2.24, 2.45) is 11.8 Å². The first kappa shape index (κ1) is 62.3. The van der Waals surface area contributed by atoms with Gasteiger partial charge in [0.2, 0.25) is 41.4 Å². The molecule has 22 nitrogen and oxygen atoms in total. The Morgan fingerprint density at radius 1 is 0.544 bits per heavy atom. The maximum absolute atomic E-state index is 14.1. The van der Waals surface area contributed by atoms with Crippen molar-refractivity contribution < 1.29 is 62.8 Å². The monoisotopic (exact) mass is 1100 g/mol. The number of aliphatic hydroxyl groups excluding tert-OH is 2. The third kappa shape index (κ3) is 17.1. The summed E-state index contributed by atoms with van der Waals surface area (Å²) in [5, 5.41) is 40.5. The van der Waals surface area contributed by atoms with Crippen molar-refractivity contribution in [3.63, 3.8) is 0 Å². The molecule has 0 radical (unpaired) electrons. The first-order valence-electron chi connectivity index (χ1n) is 28.3. The number of fused-ring (bicyclic) bond motifs is 2. The Bertz CT molecular complexity index is 2160. The molecule has 9 N–H and O–H groups in total. The number of carbonyl (C=O) groups excluding carboxylic acids is 8. The molecule has 6 rings (SSSR count). The fourth-order valence-corrected chi connectivity index (χ4v) is 11.1. The molecule has 0 spiro atoms. The number of carbonyl (C=O) groups is 8. The van der Waals surface area contributed by atoms with Crippen molar-refractivity contribution in [1.82, 2.24) is 47.0 Å². The van der Waals surface area contributed by atoms with Crippen LogP contribution in [0.25, 0.3) is 0 Å². The molecule has 0 unspecified atom stereocenters. The van der Waals surface area contributed by atoms with Crippen LogP contribution >= 0.6 is 0 Å². The van der Waals surface area contributed by atoms with Gasteiger partial charge in [-0.05, 0) is 110 Å². The van der Waals surface area contributed by atoms with Crippen LogP contribution in [-0.2, 0) is 52.6 Å². The van der Waals surface area contributed by atoms with Crippen molar-refractivity contribution in [2.45, 2.75) is 151 Å². The number of nitrogens with one attached hydrogen (secondary N) is 7. The first-order chi connectivity index (χ1) is 38.2. The fourth-order valence-electron chi connectivity index (χ4n) is 11.1. The highest BCUT2D eigenvalue weighted by atomic mass is 16.5. The number of hydrogen-bond donors (Lipinski definition) is 9. The maximum atomic E-state index is 14.1. The number of benzene rings is 2. The van der Waals surface area contributed by atoms with Gasteiger partial charge in [-0.25, -0.2) is 0 Å². The summed E-state index contributed by atoms with van der Waals surface area (Å²) in [6.07, 6.45) is 5.97. The number of ether oxygens (including phenoxy) is 3. The summed E-state index contributed by atoms with van der Waals surface area (Å²) in [6, 6.07) is 10.7. The molecule has 2 aromatic rings. The molecule has 436 valence electrons. The number of Topliss-reactive ketones (excluding diaryl/α,β-unsaturated/α-hetero) is 1. The second-order valence-electron chi connectivity index (χ2n) is 21.1. The van der Waals surface area contributed by atoms with Gasteiger partial charge >= 0.3 is 0 Å². The van der Waals surface area contributed by atoms with Crippen LogP contribution in [0.3, 0.4) is 0 Å². The van der Waals surface area contributed by atoms with Gasteiger partial charge in [-0.15, -0.1) is 0 Å². The van der Waals surface area contributed by atoms with E-state index in [1.807, 2.05) is 12.1 Å². The predicted molar refractivity (Wildman–Crippen MR) is 291 cm³/mol. The number of amides is 7. The molecule has 2 aromatic carbocycles. The summed E-state index contributed by atoms with van der Waals surface area (Å²) in [6.45, 7) is 5.12. The zero-order valence-corrected chi connectivity index (χ0v) is 46.3. The Kier molecular flexibility index (Phi) is 25.1. The van der Waals surface area contributed by atoms with Crippen LogP contribution in [0.4, 0.5) is 0 Å². The van der Waals surface area contributed by atoms with Crippen LogP contribution in [0.2, 0.25) is 0 Å². The standard InChI is InChI=1S/C57H85N9O13/c1-36(58-3)51(70)63-49-40(34-67)19-21-42-23-25-44(65(42)56(49)75)53(72)61-47(38-14-7-5-8-15-38)46(69)18-11-12-28-77-30-32-79-33-31-78-29-13-27-60-55(74)48(39-16-9-6-10-17-39)62-54(73)45-26-24-43-22-20-41(35-68)50(57(76)66(43)45)64-52(71)37(2)59-4/h5-10,14-17,36-37,40-45,47-50,58-59,67-68H,11-13,18-35H2,1-4H3,(H,60,74)(H,61,72)(H,62,73)(H,63,70)(H,64,71)/t36-,37-,40+,41+,42-,43-,44-,45-,47-,48-,49-,50-/m0/s1. The normalized spacial score (nSPS) is 24.4. The van der Waals surface area contributed by atoms with E-state index in [9.17, 15) is 48.6 Å². The topological polar surface area (TPSA) is 295 Å². The summed E-state index contributed by atoms with van der Waals surface area (Å²) in [5.41, 5.74) is 1.21. The van der Waals surface area contributed by atoms with E-state index in [1.54, 1.807) is 86.3 Å². The summed E-state index contributed by atoms with van der Waals surface area (Å²) in [7, 11) is 3.28. The molecule has 12 atom stereocenters. The molecule has 4 fully saturated rings. The number of unbranched alkanes of at least 4 members (excludes halogenated alkanes) is 1. The van der Waals surface area contributed by atoms with Gasteiger partial charge in [0.1, 0.15) is 36.3 Å². The highest BCUT2D eigenvalue weighted by Gasteiger charge is 2.50. The summed E-state index contributed by atoms with van der Waals surface area (Å²) >= 11 is 0. The minimum atomic E-state index is -1.03. The Morgan fingerprint density at radius 2 is 0.962 bits per heavy atom. The second kappa shape index (κ2) is 31.8. The summed E-state index contributed by atoms with van der Waals surface area (Å²) in [4.78, 5) is 112. The van der Waals surface area contributed by atoms with E-state index in [0.29, 0.717) is 121 Å². The lowest BCUT2D eigenvalue weighted by atomic mass is 9.93. The SMILES string of the molecule is CN[C@@H](C)C(=O)N[C@@H]1C(=O)N2[C@@H](CC[C@@H]1CO)CC[C@H]2C(=O)N[C@H](C(=O)CCCCOCCOCCOCCCNC(=O)[C@@H](NC(=O)[C@@H]1CC[C@@H]2CC[C@H](CO)[C@H](NC(=O)[C@H](C)NC)C(=O)N21)c1ccccc1)c1ccccc1. The molecule has 4 aliphatic heterocycles. The summed E-state index contributed by atoms with van der Waals surface area (Å²) < 4.78 is 17.1. The van der Waals surface area contributed by atoms with Crippen molar-refractivity contribution in [3.05, 3.63) is 71.8 Å². The first-order valence-corrected chi connectivity index (χ1v) is 28.3. The number of rotatable bonds is 31. The van der Waals surface area contributed by atoms with Crippen LogP contribution < -0.4 is 37.2 Å². The van der Waals surface area contributed by atoms with E-state index in [0.717, 1.165) is 0 Å². The number of aliphatic hydroxyl groups is 2. The van der Waals surface area contributed by atoms with Crippen LogP contribution in [0.1, 0.15) is 114 Å². The van der Waals surface area contributed by atoms with Crippen LogP contribution in [0, 0.1) is 11.8 Å². The van der Waals surface area contributed by atoms with Gasteiger partial charge in [-0.3, -0.25) is 38.4 Å². The van der Waals surface area contributed by atoms with Crippen molar-refractivity contribution >= 4 is 47.1 Å². The predicted octanol–water partition coefficient (Wildman–Crippen LogP) is 0.706. The smallest absolute Gasteiger partial charge is 0.247 e. The van der Waals surface area contributed by atoms with Gasteiger partial charge < -0.3 is 71.4 Å². The van der Waals surface area contributed by atoms with Crippen molar-refractivity contribution in [3.8, 4) is 0 Å². The van der Waals surface area contributed by atoms with E-state index in [1.165, 1.54) is 0 Å². The Balaban J connectivity index is 0.863. The lowest BCUT2D eigenvalue weighted by Gasteiger charge is -2.33. The van der Waals surface area contributed by atoms with Crippen LogP contribution in [0.15, 0.2) is 60.7 Å². The van der Waals surface area contributed by atoms with E-state index in [4.69, 9.17) is 14.2 Å². The number of nitrogens with zero attached hydrogens (tertiary/aromatic N) is 2. The average molecular weight is 1100 g/mol. The van der Waals surface area contributed by atoms with Gasteiger partial charge in [-0.2, -0.15) is 0 Å². The maximum Gasteiger partial charge on any atom is 0.247 e. The lowest BCUT2D eigenvalue weighted by molar-refractivity contribution is -0.144. The van der Waals surface area contributed by atoms with Gasteiger partial charge in [0, 0.05) is 63.3 Å². The lowest BCUT2D eigenvalue weighted by Crippen LogP contribution is -2.58. The third-order valence-electron chi connectivity index (χ3n) is 15.9.